The SMILES string of the molecule is O=C(NCC1CCCC1O)NC1CC1. The summed E-state index contributed by atoms with van der Waals surface area (Å²) in [5.41, 5.74) is 0. The average Bonchev–Trinajstić information content (AvgIpc) is 2.86. The molecule has 0 aromatic carbocycles. The fourth-order valence-corrected chi connectivity index (χ4v) is 1.94. The van der Waals surface area contributed by atoms with Crippen LogP contribution in [0, 0.1) is 5.92 Å². The minimum Gasteiger partial charge on any atom is -0.393 e. The number of urea groups is 1. The van der Waals surface area contributed by atoms with Gasteiger partial charge < -0.3 is 15.7 Å². The molecule has 0 heterocycles. The Balaban J connectivity index is 1.62. The normalized spacial score (nSPS) is 31.5. The van der Waals surface area contributed by atoms with Crippen LogP contribution in [0.15, 0.2) is 0 Å². The molecular weight excluding hydrogens is 180 g/mol. The van der Waals surface area contributed by atoms with Crippen molar-refractivity contribution in [2.75, 3.05) is 6.54 Å². The van der Waals surface area contributed by atoms with Crippen molar-refractivity contribution < 1.29 is 9.90 Å². The van der Waals surface area contributed by atoms with Crippen LogP contribution in [0.3, 0.4) is 0 Å². The fourth-order valence-electron chi connectivity index (χ4n) is 1.94. The molecule has 4 heteroatoms. The lowest BCUT2D eigenvalue weighted by Crippen LogP contribution is -2.40. The molecule has 2 fully saturated rings. The molecule has 2 rings (SSSR count). The highest BCUT2D eigenvalue weighted by molar-refractivity contribution is 5.74. The van der Waals surface area contributed by atoms with Gasteiger partial charge in [0.25, 0.3) is 0 Å². The molecule has 2 unspecified atom stereocenters. The van der Waals surface area contributed by atoms with Crippen LogP contribution < -0.4 is 10.6 Å². The van der Waals surface area contributed by atoms with E-state index >= 15 is 0 Å². The summed E-state index contributed by atoms with van der Waals surface area (Å²) in [5.74, 6) is 0.264. The minimum atomic E-state index is -0.212. The molecule has 0 aromatic heterocycles. The molecule has 80 valence electrons. The van der Waals surface area contributed by atoms with Gasteiger partial charge in [-0.2, -0.15) is 0 Å². The monoisotopic (exact) mass is 198 g/mol. The highest BCUT2D eigenvalue weighted by Gasteiger charge is 2.27. The van der Waals surface area contributed by atoms with Gasteiger partial charge in [0.05, 0.1) is 6.10 Å². The highest BCUT2D eigenvalue weighted by atomic mass is 16.3. The Kier molecular flexibility index (Phi) is 2.91. The minimum absolute atomic E-state index is 0.0772. The van der Waals surface area contributed by atoms with Crippen LogP contribution in [-0.2, 0) is 0 Å². The standard InChI is InChI=1S/C10H18N2O2/c13-9-3-1-2-7(9)6-11-10(14)12-8-4-5-8/h7-9,13H,1-6H2,(H2,11,12,14). The lowest BCUT2D eigenvalue weighted by atomic mass is 10.1. The second-order valence-corrected chi connectivity index (χ2v) is 4.39. The first-order valence-corrected chi connectivity index (χ1v) is 5.48. The smallest absolute Gasteiger partial charge is 0.315 e. The Morgan fingerprint density at radius 1 is 1.29 bits per heavy atom. The summed E-state index contributed by atoms with van der Waals surface area (Å²) in [7, 11) is 0. The number of rotatable bonds is 3. The number of aliphatic hydroxyl groups is 1. The van der Waals surface area contributed by atoms with E-state index in [9.17, 15) is 9.90 Å². The summed E-state index contributed by atoms with van der Waals surface area (Å²) in [5, 5.41) is 15.2. The average molecular weight is 198 g/mol. The fraction of sp³-hybridized carbons (Fsp3) is 0.900. The third kappa shape index (κ3) is 2.61. The molecule has 0 aromatic rings. The second kappa shape index (κ2) is 4.17. The summed E-state index contributed by atoms with van der Waals surface area (Å²) < 4.78 is 0. The quantitative estimate of drug-likeness (QED) is 0.622. The lowest BCUT2D eigenvalue weighted by molar-refractivity contribution is 0.132. The van der Waals surface area contributed by atoms with Gasteiger partial charge in [-0.3, -0.25) is 0 Å². The number of hydrogen-bond donors (Lipinski definition) is 3. The summed E-state index contributed by atoms with van der Waals surface area (Å²) in [6.45, 7) is 0.611. The lowest BCUT2D eigenvalue weighted by Gasteiger charge is -2.15. The zero-order chi connectivity index (χ0) is 9.97. The van der Waals surface area contributed by atoms with Crippen LogP contribution in [0.1, 0.15) is 32.1 Å². The molecule has 14 heavy (non-hydrogen) atoms. The van der Waals surface area contributed by atoms with E-state index in [-0.39, 0.29) is 18.1 Å². The zero-order valence-electron chi connectivity index (χ0n) is 8.33. The van der Waals surface area contributed by atoms with Crippen molar-refractivity contribution in [3.63, 3.8) is 0 Å². The first-order chi connectivity index (χ1) is 6.75. The maximum absolute atomic E-state index is 11.3. The van der Waals surface area contributed by atoms with E-state index in [1.54, 1.807) is 0 Å². The molecule has 4 nitrogen and oxygen atoms in total. The maximum atomic E-state index is 11.3. The van der Waals surface area contributed by atoms with Crippen LogP contribution in [0.25, 0.3) is 0 Å². The van der Waals surface area contributed by atoms with Gasteiger partial charge in [-0.15, -0.1) is 0 Å². The molecular formula is C10H18N2O2. The Morgan fingerprint density at radius 2 is 2.07 bits per heavy atom. The van der Waals surface area contributed by atoms with Crippen molar-refractivity contribution in [2.24, 2.45) is 5.92 Å². The van der Waals surface area contributed by atoms with Gasteiger partial charge in [0.1, 0.15) is 0 Å². The van der Waals surface area contributed by atoms with E-state index in [4.69, 9.17) is 0 Å². The highest BCUT2D eigenvalue weighted by Crippen LogP contribution is 2.24. The predicted molar refractivity (Wildman–Crippen MR) is 52.9 cm³/mol. The zero-order valence-corrected chi connectivity index (χ0v) is 8.33. The first kappa shape index (κ1) is 9.77. The van der Waals surface area contributed by atoms with Crippen molar-refractivity contribution in [3.8, 4) is 0 Å². The van der Waals surface area contributed by atoms with Gasteiger partial charge in [-0.25, -0.2) is 4.79 Å². The van der Waals surface area contributed by atoms with Gasteiger partial charge in [0, 0.05) is 18.5 Å². The summed E-state index contributed by atoms with van der Waals surface area (Å²) in [6.07, 6.45) is 5.01. The number of carbonyl (C=O) groups is 1. The topological polar surface area (TPSA) is 61.4 Å². The van der Waals surface area contributed by atoms with Gasteiger partial charge in [-0.05, 0) is 25.7 Å². The largest absolute Gasteiger partial charge is 0.393 e. The molecule has 0 spiro atoms. The number of nitrogens with one attached hydrogen (secondary N) is 2. The Morgan fingerprint density at radius 3 is 2.64 bits per heavy atom. The van der Waals surface area contributed by atoms with E-state index < -0.39 is 0 Å². The number of amides is 2. The molecule has 3 N–H and O–H groups in total. The molecule has 2 aliphatic rings. The summed E-state index contributed by atoms with van der Waals surface area (Å²) in [4.78, 5) is 11.3. The van der Waals surface area contributed by atoms with E-state index in [1.807, 2.05) is 0 Å². The van der Waals surface area contributed by atoms with Crippen LogP contribution in [0.5, 0.6) is 0 Å². The van der Waals surface area contributed by atoms with Gasteiger partial charge in [0.15, 0.2) is 0 Å². The predicted octanol–water partition coefficient (Wildman–Crippen LogP) is 0.609. The van der Waals surface area contributed by atoms with Crippen molar-refractivity contribution in [3.05, 3.63) is 0 Å². The van der Waals surface area contributed by atoms with Crippen molar-refractivity contribution in [1.82, 2.24) is 10.6 Å². The molecule has 0 aliphatic heterocycles. The van der Waals surface area contributed by atoms with Crippen LogP contribution in [0.4, 0.5) is 4.79 Å². The number of aliphatic hydroxyl groups excluding tert-OH is 1. The summed E-state index contributed by atoms with van der Waals surface area (Å²) >= 11 is 0. The second-order valence-electron chi connectivity index (χ2n) is 4.39. The molecule has 2 aliphatic carbocycles. The van der Waals surface area contributed by atoms with Gasteiger partial charge in [-0.1, -0.05) is 6.42 Å². The molecule has 0 radical (unpaired) electrons. The van der Waals surface area contributed by atoms with E-state index in [0.717, 1.165) is 32.1 Å². The van der Waals surface area contributed by atoms with Crippen molar-refractivity contribution in [2.45, 2.75) is 44.2 Å². The van der Waals surface area contributed by atoms with Crippen LogP contribution in [0.2, 0.25) is 0 Å². The molecule has 2 saturated carbocycles. The molecule has 0 bridgehead atoms. The Bertz CT molecular complexity index is 216. The summed E-state index contributed by atoms with van der Waals surface area (Å²) in [6, 6.07) is 0.329. The first-order valence-electron chi connectivity index (χ1n) is 5.48. The van der Waals surface area contributed by atoms with Crippen LogP contribution >= 0.6 is 0 Å². The van der Waals surface area contributed by atoms with Crippen molar-refractivity contribution in [1.29, 1.82) is 0 Å². The molecule has 2 amide bonds. The Labute approximate surface area is 84.1 Å². The molecule has 2 atom stereocenters. The van der Waals surface area contributed by atoms with Crippen LogP contribution in [-0.4, -0.2) is 29.8 Å². The van der Waals surface area contributed by atoms with Gasteiger partial charge >= 0.3 is 6.03 Å². The number of hydrogen-bond acceptors (Lipinski definition) is 2. The van der Waals surface area contributed by atoms with E-state index in [0.29, 0.717) is 12.6 Å². The third-order valence-corrected chi connectivity index (χ3v) is 3.06. The molecule has 0 saturated heterocycles. The van der Waals surface area contributed by atoms with E-state index in [1.165, 1.54) is 0 Å². The third-order valence-electron chi connectivity index (χ3n) is 3.06. The maximum Gasteiger partial charge on any atom is 0.315 e. The van der Waals surface area contributed by atoms with E-state index in [2.05, 4.69) is 10.6 Å². The van der Waals surface area contributed by atoms with Crippen molar-refractivity contribution >= 4 is 6.03 Å². The Hall–Kier alpha value is -0.770. The number of carbonyl (C=O) groups excluding carboxylic acids is 1. The van der Waals surface area contributed by atoms with Gasteiger partial charge in [0.2, 0.25) is 0 Å².